The number of nitrogens with zero attached hydrogens (tertiary/aromatic N) is 1. The molecule has 6 heteroatoms. The minimum absolute atomic E-state index is 1.35. The second kappa shape index (κ2) is 17.1. The van der Waals surface area contributed by atoms with Crippen molar-refractivity contribution in [3.63, 3.8) is 0 Å². The Bertz CT molecular complexity index is 191. The van der Waals surface area contributed by atoms with Crippen LogP contribution in [-0.2, 0) is 0 Å². The number of quaternary nitrogens is 1. The summed E-state index contributed by atoms with van der Waals surface area (Å²) in [6.07, 6.45) is 11.1. The van der Waals surface area contributed by atoms with E-state index in [-0.39, 0.29) is 0 Å². The van der Waals surface area contributed by atoms with E-state index >= 15 is 0 Å². The number of halogens is 4. The average Bonchev–Trinajstić information content (AvgIpc) is 2.44. The maximum absolute atomic E-state index is 3.34. The van der Waals surface area contributed by atoms with Gasteiger partial charge in [-0.25, -0.2) is 0 Å². The molecular formula is C16H36Br4NSn+. The van der Waals surface area contributed by atoms with Crippen LogP contribution in [-0.4, -0.2) is 40.2 Å². The molecule has 22 heavy (non-hydrogen) atoms. The van der Waals surface area contributed by atoms with E-state index in [2.05, 4.69) is 78.5 Å². The van der Waals surface area contributed by atoms with E-state index in [1.54, 1.807) is 0 Å². The summed E-state index contributed by atoms with van der Waals surface area (Å²) in [6.45, 7) is 15.0. The van der Waals surface area contributed by atoms with Crippen LogP contribution < -0.4 is 0 Å². The number of rotatable bonds is 12. The predicted molar refractivity (Wildman–Crippen MR) is 121 cm³/mol. The molecule has 0 unspecified atom stereocenters. The molecule has 0 amide bonds. The van der Waals surface area contributed by atoms with Crippen molar-refractivity contribution < 1.29 is 4.48 Å². The van der Waals surface area contributed by atoms with Crippen molar-refractivity contribution in [1.82, 2.24) is 0 Å². The van der Waals surface area contributed by atoms with E-state index in [1.807, 2.05) is 0 Å². The zero-order valence-corrected chi connectivity index (χ0v) is 24.1. The van der Waals surface area contributed by atoms with Crippen LogP contribution in [0.1, 0.15) is 79.1 Å². The Balaban J connectivity index is 0. The Hall–Kier alpha value is 2.68. The van der Waals surface area contributed by atoms with Gasteiger partial charge < -0.3 is 4.48 Å². The first kappa shape index (κ1) is 26.9. The van der Waals surface area contributed by atoms with Gasteiger partial charge in [0, 0.05) is 0 Å². The van der Waals surface area contributed by atoms with E-state index in [0.29, 0.717) is 0 Å². The van der Waals surface area contributed by atoms with Crippen LogP contribution in [0.4, 0.5) is 0 Å². The van der Waals surface area contributed by atoms with Crippen LogP contribution in [0.3, 0.4) is 0 Å². The molecule has 0 aliphatic carbocycles. The topological polar surface area (TPSA) is 0 Å². The first-order valence-electron chi connectivity index (χ1n) is 8.85. The van der Waals surface area contributed by atoms with Gasteiger partial charge in [-0.2, -0.15) is 0 Å². The monoisotopic (exact) mass is 678 g/mol. The van der Waals surface area contributed by atoms with Crippen LogP contribution in [0, 0.1) is 0 Å². The molecule has 0 atom stereocenters. The first-order valence-corrected chi connectivity index (χ1v) is 34.4. The summed E-state index contributed by atoms with van der Waals surface area (Å²) in [4.78, 5) is 0. The van der Waals surface area contributed by atoms with E-state index < -0.39 is 9.49 Å². The molecule has 0 aromatic carbocycles. The van der Waals surface area contributed by atoms with Gasteiger partial charge in [-0.1, -0.05) is 53.4 Å². The maximum atomic E-state index is 3.34. The molecular weight excluding hydrogens is 645 g/mol. The molecule has 136 valence electrons. The summed E-state index contributed by atoms with van der Waals surface area (Å²) in [6, 6.07) is 0. The molecule has 0 saturated carbocycles. The standard InChI is InChI=1S/C16H36N.4BrH.Sn/c1-5-9-13-17(14-10-6-2,15-11-7-3)16-12-8-4;;;;;/h5-16H2,1-4H3;4*1H;/q+1;;;;;+4/p-4. The van der Waals surface area contributed by atoms with Crippen LogP contribution in [0.25, 0.3) is 0 Å². The second-order valence-corrected chi connectivity index (χ2v) is 83.3. The van der Waals surface area contributed by atoms with Gasteiger partial charge in [-0.3, -0.25) is 0 Å². The molecule has 1 nitrogen and oxygen atoms in total. The number of hydrogen-bond donors (Lipinski definition) is 0. The van der Waals surface area contributed by atoms with E-state index in [9.17, 15) is 0 Å². The van der Waals surface area contributed by atoms with Crippen LogP contribution >= 0.6 is 50.8 Å². The normalized spacial score (nSPS) is 12.0. The van der Waals surface area contributed by atoms with E-state index in [1.165, 1.54) is 82.0 Å². The zero-order chi connectivity index (χ0) is 17.5. The van der Waals surface area contributed by atoms with Gasteiger partial charge in [0.05, 0.1) is 26.2 Å². The Morgan fingerprint density at radius 3 is 0.864 bits per heavy atom. The Labute approximate surface area is 168 Å². The molecule has 0 aromatic rings. The number of unbranched alkanes of at least 4 members (excludes halogenated alkanes) is 4. The van der Waals surface area contributed by atoms with Gasteiger partial charge in [0.2, 0.25) is 0 Å². The minimum atomic E-state index is -1.93. The van der Waals surface area contributed by atoms with Gasteiger partial charge in [-0.05, 0) is 25.7 Å². The summed E-state index contributed by atoms with van der Waals surface area (Å²) in [5.41, 5.74) is 0. The van der Waals surface area contributed by atoms with Crippen molar-refractivity contribution in [2.45, 2.75) is 79.1 Å². The summed E-state index contributed by atoms with van der Waals surface area (Å²) in [5.74, 6) is 0. The van der Waals surface area contributed by atoms with Crippen molar-refractivity contribution in [1.29, 1.82) is 0 Å². The zero-order valence-electron chi connectivity index (χ0n) is 14.9. The predicted octanol–water partition coefficient (Wildman–Crippen LogP) is 8.01. The second-order valence-electron chi connectivity index (χ2n) is 6.08. The Kier molecular flexibility index (Phi) is 20.9. The number of hydrogen-bond acceptors (Lipinski definition) is 0. The van der Waals surface area contributed by atoms with Gasteiger partial charge in [-0.15, -0.1) is 0 Å². The van der Waals surface area contributed by atoms with Crippen molar-refractivity contribution in [2.75, 3.05) is 26.2 Å². The van der Waals surface area contributed by atoms with Gasteiger partial charge in [0.1, 0.15) is 0 Å². The molecule has 0 bridgehead atoms. The van der Waals surface area contributed by atoms with Crippen molar-refractivity contribution in [3.05, 3.63) is 0 Å². The fourth-order valence-corrected chi connectivity index (χ4v) is 2.64. The third kappa shape index (κ3) is 20.7. The molecule has 0 aliphatic rings. The average molecular weight is 681 g/mol. The molecule has 0 heterocycles. The SMILES string of the molecule is CCCC[N+](CCCC)(CCCC)CCCC.[Br][Sn]([Br])([Br])[Br]. The molecule has 0 rings (SSSR count). The fourth-order valence-electron chi connectivity index (χ4n) is 2.64. The molecule has 0 N–H and O–H groups in total. The van der Waals surface area contributed by atoms with Gasteiger partial charge >= 0.3 is 60.3 Å². The molecule has 0 spiro atoms. The third-order valence-electron chi connectivity index (χ3n) is 3.94. The van der Waals surface area contributed by atoms with Crippen LogP contribution in [0.2, 0.25) is 0 Å². The quantitative estimate of drug-likeness (QED) is 0.145. The van der Waals surface area contributed by atoms with Gasteiger partial charge in [0.25, 0.3) is 0 Å². The molecule has 0 radical (unpaired) electrons. The van der Waals surface area contributed by atoms with Crippen LogP contribution in [0.15, 0.2) is 0 Å². The van der Waals surface area contributed by atoms with E-state index in [0.717, 1.165) is 0 Å². The molecule has 0 aliphatic heterocycles. The summed E-state index contributed by atoms with van der Waals surface area (Å²) in [5, 5.41) is 0. The third-order valence-corrected chi connectivity index (χ3v) is 3.94. The van der Waals surface area contributed by atoms with Gasteiger partial charge in [0.15, 0.2) is 0 Å². The van der Waals surface area contributed by atoms with Crippen LogP contribution in [0.5, 0.6) is 0 Å². The summed E-state index contributed by atoms with van der Waals surface area (Å²) in [7, 11) is -1.93. The molecule has 0 fully saturated rings. The molecule has 0 saturated heterocycles. The summed E-state index contributed by atoms with van der Waals surface area (Å²) >= 11 is 13.3. The Morgan fingerprint density at radius 1 is 0.545 bits per heavy atom. The van der Waals surface area contributed by atoms with Crippen molar-refractivity contribution >= 4 is 60.3 Å². The molecule has 0 aromatic heterocycles. The Morgan fingerprint density at radius 2 is 0.727 bits per heavy atom. The van der Waals surface area contributed by atoms with Crippen molar-refractivity contribution in [2.24, 2.45) is 0 Å². The fraction of sp³-hybridized carbons (Fsp3) is 1.00. The van der Waals surface area contributed by atoms with Crippen molar-refractivity contribution in [3.8, 4) is 0 Å². The van der Waals surface area contributed by atoms with E-state index in [4.69, 9.17) is 0 Å². The summed E-state index contributed by atoms with van der Waals surface area (Å²) < 4.78 is 1.42. The first-order chi connectivity index (χ1) is 10.2.